The molecule has 0 radical (unpaired) electrons. The van der Waals surface area contributed by atoms with E-state index in [9.17, 15) is 0 Å². The Morgan fingerprint density at radius 2 is 2.00 bits per heavy atom. The maximum absolute atomic E-state index is 5.95. The lowest BCUT2D eigenvalue weighted by Crippen LogP contribution is -1.87. The predicted octanol–water partition coefficient (Wildman–Crippen LogP) is 4.26. The second-order valence-corrected chi connectivity index (χ2v) is 5.33. The number of nitrogen functional groups attached to an aromatic ring is 1. The van der Waals surface area contributed by atoms with E-state index in [1.54, 1.807) is 30.1 Å². The fraction of sp³-hybridized carbons (Fsp3) is 0.0833. The van der Waals surface area contributed by atoms with Crippen LogP contribution in [0.2, 0.25) is 10.0 Å². The molecule has 2 N–H and O–H groups in total. The molecule has 2 rings (SSSR count). The largest absolute Gasteiger partial charge is 0.398 e. The smallest absolute Gasteiger partial charge is 0.0646 e. The van der Waals surface area contributed by atoms with E-state index < -0.39 is 0 Å². The van der Waals surface area contributed by atoms with Crippen LogP contribution in [0.5, 0.6) is 0 Å². The van der Waals surface area contributed by atoms with Crippen molar-refractivity contribution in [3.05, 3.63) is 52.3 Å². The molecule has 0 fully saturated rings. The zero-order valence-electron chi connectivity index (χ0n) is 8.86. The van der Waals surface area contributed by atoms with E-state index in [1.807, 2.05) is 18.2 Å². The van der Waals surface area contributed by atoms with Crippen LogP contribution in [0, 0.1) is 0 Å². The summed E-state index contributed by atoms with van der Waals surface area (Å²) in [7, 11) is 0. The molecule has 5 heteroatoms. The molecule has 0 bridgehead atoms. The van der Waals surface area contributed by atoms with Crippen molar-refractivity contribution in [2.45, 2.75) is 10.6 Å². The van der Waals surface area contributed by atoms with Gasteiger partial charge in [-0.2, -0.15) is 0 Å². The summed E-state index contributed by atoms with van der Waals surface area (Å²) in [5.74, 6) is 0.751. The number of hydrogen-bond donors (Lipinski definition) is 1. The number of aromatic nitrogens is 1. The number of benzene rings is 1. The quantitative estimate of drug-likeness (QED) is 0.676. The van der Waals surface area contributed by atoms with Gasteiger partial charge in [0.25, 0.3) is 0 Å². The van der Waals surface area contributed by atoms with Crippen LogP contribution in [0.25, 0.3) is 0 Å². The van der Waals surface area contributed by atoms with Gasteiger partial charge in [-0.3, -0.25) is 4.98 Å². The summed E-state index contributed by atoms with van der Waals surface area (Å²) < 4.78 is 0. The number of nitrogens with two attached hydrogens (primary N) is 1. The van der Waals surface area contributed by atoms with Crippen LogP contribution in [-0.2, 0) is 5.75 Å². The van der Waals surface area contributed by atoms with Gasteiger partial charge in [0, 0.05) is 21.9 Å². The maximum atomic E-state index is 5.95. The lowest BCUT2D eigenvalue weighted by Gasteiger charge is -2.04. The molecule has 0 aliphatic rings. The molecule has 0 unspecified atom stereocenters. The molecule has 0 atom stereocenters. The van der Waals surface area contributed by atoms with Crippen molar-refractivity contribution in [2.75, 3.05) is 5.73 Å². The normalized spacial score (nSPS) is 10.5. The summed E-state index contributed by atoms with van der Waals surface area (Å²) in [6.07, 6.45) is 1.70. The fourth-order valence-corrected chi connectivity index (χ4v) is 2.55. The molecule has 88 valence electrons. The highest BCUT2D eigenvalue weighted by Crippen LogP contribution is 2.28. The van der Waals surface area contributed by atoms with Crippen LogP contribution in [0.4, 0.5) is 5.69 Å². The van der Waals surface area contributed by atoms with E-state index >= 15 is 0 Å². The number of anilines is 1. The SMILES string of the molecule is Nc1ccc(SCc2cc(Cl)ccn2)cc1Cl. The lowest BCUT2D eigenvalue weighted by molar-refractivity contribution is 1.17. The van der Waals surface area contributed by atoms with Gasteiger partial charge in [-0.25, -0.2) is 0 Å². The molecule has 0 amide bonds. The Bertz CT molecular complexity index is 532. The first-order valence-corrected chi connectivity index (χ1v) is 6.67. The second kappa shape index (κ2) is 5.63. The minimum atomic E-state index is 0.578. The van der Waals surface area contributed by atoms with Crippen molar-refractivity contribution < 1.29 is 0 Å². The monoisotopic (exact) mass is 284 g/mol. The molecule has 2 nitrogen and oxygen atoms in total. The van der Waals surface area contributed by atoms with Crippen molar-refractivity contribution in [1.82, 2.24) is 4.98 Å². The number of nitrogens with zero attached hydrogens (tertiary/aromatic N) is 1. The Morgan fingerprint density at radius 3 is 2.71 bits per heavy atom. The summed E-state index contributed by atoms with van der Waals surface area (Å²) >= 11 is 13.5. The van der Waals surface area contributed by atoms with E-state index in [4.69, 9.17) is 28.9 Å². The molecule has 0 spiro atoms. The Labute approximate surface area is 114 Å². The van der Waals surface area contributed by atoms with E-state index in [-0.39, 0.29) is 0 Å². The van der Waals surface area contributed by atoms with Gasteiger partial charge in [-0.05, 0) is 30.3 Å². The van der Waals surface area contributed by atoms with E-state index in [0.717, 1.165) is 16.3 Å². The van der Waals surface area contributed by atoms with E-state index in [0.29, 0.717) is 15.7 Å². The number of halogens is 2. The summed E-state index contributed by atoms with van der Waals surface area (Å²) in [4.78, 5) is 5.29. The van der Waals surface area contributed by atoms with Crippen LogP contribution < -0.4 is 5.73 Å². The molecule has 17 heavy (non-hydrogen) atoms. The average molecular weight is 285 g/mol. The molecular weight excluding hydrogens is 275 g/mol. The molecule has 0 saturated carbocycles. The van der Waals surface area contributed by atoms with E-state index in [1.165, 1.54) is 0 Å². The molecule has 1 aromatic carbocycles. The molecular formula is C12H10Cl2N2S. The molecule has 2 aromatic rings. The first-order valence-electron chi connectivity index (χ1n) is 4.93. The molecule has 0 aliphatic carbocycles. The number of pyridine rings is 1. The molecule has 1 aromatic heterocycles. The van der Waals surface area contributed by atoms with Crippen LogP contribution in [-0.4, -0.2) is 4.98 Å². The zero-order valence-corrected chi connectivity index (χ0v) is 11.2. The first-order chi connectivity index (χ1) is 8.15. The number of thioether (sulfide) groups is 1. The Morgan fingerprint density at radius 1 is 1.18 bits per heavy atom. The minimum Gasteiger partial charge on any atom is -0.398 e. The standard InChI is InChI=1S/C12H10Cl2N2S/c13-8-3-4-16-9(5-8)7-17-10-1-2-12(15)11(14)6-10/h1-6H,7,15H2. The van der Waals surface area contributed by atoms with E-state index in [2.05, 4.69) is 4.98 Å². The summed E-state index contributed by atoms with van der Waals surface area (Å²) in [6.45, 7) is 0. The highest BCUT2D eigenvalue weighted by atomic mass is 35.5. The fourth-order valence-electron chi connectivity index (χ4n) is 1.28. The minimum absolute atomic E-state index is 0.578. The van der Waals surface area contributed by atoms with Gasteiger partial charge in [-0.1, -0.05) is 23.2 Å². The highest BCUT2D eigenvalue weighted by Gasteiger charge is 2.01. The zero-order chi connectivity index (χ0) is 12.3. The average Bonchev–Trinajstić information content (AvgIpc) is 2.31. The summed E-state index contributed by atoms with van der Waals surface area (Å²) in [5.41, 5.74) is 7.18. The molecule has 1 heterocycles. The Hall–Kier alpha value is -0.900. The van der Waals surface area contributed by atoms with Crippen molar-refractivity contribution in [2.24, 2.45) is 0 Å². The molecule has 0 aliphatic heterocycles. The Balaban J connectivity index is 2.05. The number of rotatable bonds is 3. The maximum Gasteiger partial charge on any atom is 0.0646 e. The summed E-state index contributed by atoms with van der Waals surface area (Å²) in [5, 5.41) is 1.28. The highest BCUT2D eigenvalue weighted by molar-refractivity contribution is 7.98. The first kappa shape index (κ1) is 12.6. The Kier molecular flexibility index (Phi) is 4.15. The van der Waals surface area contributed by atoms with Gasteiger partial charge in [0.2, 0.25) is 0 Å². The number of hydrogen-bond acceptors (Lipinski definition) is 3. The van der Waals surface area contributed by atoms with Crippen LogP contribution >= 0.6 is 35.0 Å². The summed E-state index contributed by atoms with van der Waals surface area (Å²) in [6, 6.07) is 9.21. The third-order valence-corrected chi connectivity index (χ3v) is 3.73. The van der Waals surface area contributed by atoms with Gasteiger partial charge >= 0.3 is 0 Å². The van der Waals surface area contributed by atoms with Crippen LogP contribution in [0.3, 0.4) is 0 Å². The van der Waals surface area contributed by atoms with Crippen LogP contribution in [0.1, 0.15) is 5.69 Å². The van der Waals surface area contributed by atoms with Gasteiger partial charge < -0.3 is 5.73 Å². The predicted molar refractivity (Wildman–Crippen MR) is 74.7 cm³/mol. The van der Waals surface area contributed by atoms with Gasteiger partial charge in [0.05, 0.1) is 16.4 Å². The second-order valence-electron chi connectivity index (χ2n) is 3.44. The third kappa shape index (κ3) is 3.53. The van der Waals surface area contributed by atoms with Crippen molar-refractivity contribution in [3.8, 4) is 0 Å². The third-order valence-electron chi connectivity index (χ3n) is 2.14. The van der Waals surface area contributed by atoms with Gasteiger partial charge in [-0.15, -0.1) is 11.8 Å². The van der Waals surface area contributed by atoms with Crippen molar-refractivity contribution >= 4 is 40.7 Å². The van der Waals surface area contributed by atoms with Gasteiger partial charge in [0.15, 0.2) is 0 Å². The van der Waals surface area contributed by atoms with Crippen molar-refractivity contribution in [1.29, 1.82) is 0 Å². The van der Waals surface area contributed by atoms with Crippen molar-refractivity contribution in [3.63, 3.8) is 0 Å². The topological polar surface area (TPSA) is 38.9 Å². The van der Waals surface area contributed by atoms with Crippen LogP contribution in [0.15, 0.2) is 41.4 Å². The molecule has 0 saturated heterocycles. The lowest BCUT2D eigenvalue weighted by atomic mass is 10.3. The van der Waals surface area contributed by atoms with Gasteiger partial charge in [0.1, 0.15) is 0 Å².